The van der Waals surface area contributed by atoms with E-state index in [4.69, 9.17) is 4.74 Å². The standard InChI is InChI=1S/C10H13BrN2O5S/c1-18-8-3-4-10(9(7-8)13(14)15)19(16,17)12-6-2-5-11/h3-4,7,12H,2,5-6H2,1H3. The summed E-state index contributed by atoms with van der Waals surface area (Å²) >= 11 is 3.17. The van der Waals surface area contributed by atoms with Crippen LogP contribution in [0.1, 0.15) is 6.42 Å². The molecule has 1 aromatic rings. The topological polar surface area (TPSA) is 98.5 Å². The Morgan fingerprint density at radius 3 is 2.68 bits per heavy atom. The van der Waals surface area contributed by atoms with Crippen LogP contribution in [0.15, 0.2) is 23.1 Å². The van der Waals surface area contributed by atoms with Gasteiger partial charge in [-0.25, -0.2) is 13.1 Å². The summed E-state index contributed by atoms with van der Waals surface area (Å²) < 4.78 is 31.1. The van der Waals surface area contributed by atoms with Gasteiger partial charge in [-0.1, -0.05) is 15.9 Å². The van der Waals surface area contributed by atoms with E-state index in [2.05, 4.69) is 20.7 Å². The fourth-order valence-corrected chi connectivity index (χ4v) is 2.85. The van der Waals surface area contributed by atoms with Crippen molar-refractivity contribution in [3.05, 3.63) is 28.3 Å². The van der Waals surface area contributed by atoms with E-state index in [1.165, 1.54) is 13.2 Å². The SMILES string of the molecule is COc1ccc(S(=O)(=O)NCCCBr)c([N+](=O)[O-])c1. The Hall–Kier alpha value is -1.19. The van der Waals surface area contributed by atoms with E-state index in [0.29, 0.717) is 11.8 Å². The Morgan fingerprint density at radius 1 is 1.47 bits per heavy atom. The second kappa shape index (κ2) is 6.83. The molecule has 0 saturated heterocycles. The second-order valence-electron chi connectivity index (χ2n) is 3.53. The van der Waals surface area contributed by atoms with Gasteiger partial charge in [-0.3, -0.25) is 10.1 Å². The summed E-state index contributed by atoms with van der Waals surface area (Å²) in [6.45, 7) is 0.205. The number of rotatable bonds is 7. The third-order valence-corrected chi connectivity index (χ3v) is 4.32. The van der Waals surface area contributed by atoms with E-state index in [1.54, 1.807) is 0 Å². The van der Waals surface area contributed by atoms with Crippen molar-refractivity contribution in [1.29, 1.82) is 0 Å². The van der Waals surface area contributed by atoms with Crippen LogP contribution in [0.25, 0.3) is 0 Å². The Bertz CT molecular complexity index is 561. The van der Waals surface area contributed by atoms with Gasteiger partial charge in [0.25, 0.3) is 5.69 Å². The molecule has 0 atom stereocenters. The van der Waals surface area contributed by atoms with Crippen molar-refractivity contribution in [2.75, 3.05) is 19.0 Å². The van der Waals surface area contributed by atoms with Gasteiger partial charge >= 0.3 is 0 Å². The van der Waals surface area contributed by atoms with Crippen LogP contribution < -0.4 is 9.46 Å². The highest BCUT2D eigenvalue weighted by molar-refractivity contribution is 9.09. The van der Waals surface area contributed by atoms with Crippen LogP contribution in [0.4, 0.5) is 5.69 Å². The molecule has 0 aromatic heterocycles. The van der Waals surface area contributed by atoms with Crippen molar-refractivity contribution in [2.45, 2.75) is 11.3 Å². The molecule has 1 rings (SSSR count). The summed E-state index contributed by atoms with van der Waals surface area (Å²) in [6.07, 6.45) is 0.586. The minimum atomic E-state index is -3.90. The lowest BCUT2D eigenvalue weighted by Crippen LogP contribution is -2.25. The highest BCUT2D eigenvalue weighted by Gasteiger charge is 2.25. The van der Waals surface area contributed by atoms with Gasteiger partial charge in [-0.15, -0.1) is 0 Å². The Balaban J connectivity index is 3.15. The average Bonchev–Trinajstić information content (AvgIpc) is 2.38. The number of benzene rings is 1. The Morgan fingerprint density at radius 2 is 2.16 bits per heavy atom. The molecular weight excluding hydrogens is 340 g/mol. The zero-order valence-electron chi connectivity index (χ0n) is 10.1. The number of nitrogens with zero attached hydrogens (tertiary/aromatic N) is 1. The third kappa shape index (κ3) is 4.15. The number of halogens is 1. The summed E-state index contributed by atoms with van der Waals surface area (Å²) in [6, 6.07) is 3.61. The molecule has 0 bridgehead atoms. The van der Waals surface area contributed by atoms with Crippen molar-refractivity contribution in [3.8, 4) is 5.75 Å². The van der Waals surface area contributed by atoms with E-state index in [1.807, 2.05) is 0 Å². The minimum absolute atomic E-state index is 0.205. The molecule has 19 heavy (non-hydrogen) atoms. The van der Waals surface area contributed by atoms with E-state index in [9.17, 15) is 18.5 Å². The molecule has 1 aromatic carbocycles. The van der Waals surface area contributed by atoms with E-state index >= 15 is 0 Å². The molecule has 0 amide bonds. The second-order valence-corrected chi connectivity index (χ2v) is 6.06. The first kappa shape index (κ1) is 15.9. The number of ether oxygens (including phenoxy) is 1. The van der Waals surface area contributed by atoms with Gasteiger partial charge in [0.15, 0.2) is 4.90 Å². The first-order valence-corrected chi connectivity index (χ1v) is 7.91. The summed E-state index contributed by atoms with van der Waals surface area (Å²) in [7, 11) is -2.55. The van der Waals surface area contributed by atoms with Crippen molar-refractivity contribution in [1.82, 2.24) is 4.72 Å². The fourth-order valence-electron chi connectivity index (χ4n) is 1.35. The predicted molar refractivity (Wildman–Crippen MR) is 73.2 cm³/mol. The van der Waals surface area contributed by atoms with E-state index in [-0.39, 0.29) is 17.2 Å². The molecule has 0 heterocycles. The number of hydrogen-bond acceptors (Lipinski definition) is 5. The quantitative estimate of drug-likeness (QED) is 0.348. The maximum atomic E-state index is 12.0. The van der Waals surface area contributed by atoms with Crippen LogP contribution in [0.3, 0.4) is 0 Å². The summed E-state index contributed by atoms with van der Waals surface area (Å²) in [5, 5.41) is 11.6. The van der Waals surface area contributed by atoms with Gasteiger partial charge in [-0.05, 0) is 18.6 Å². The summed E-state index contributed by atoms with van der Waals surface area (Å²) in [5.74, 6) is 0.228. The highest BCUT2D eigenvalue weighted by atomic mass is 79.9. The number of nitro benzene ring substituents is 1. The number of methoxy groups -OCH3 is 1. The molecule has 0 saturated carbocycles. The minimum Gasteiger partial charge on any atom is -0.497 e. The number of sulfonamides is 1. The Labute approximate surface area is 119 Å². The molecule has 0 aliphatic heterocycles. The van der Waals surface area contributed by atoms with Crippen molar-refractivity contribution < 1.29 is 18.1 Å². The zero-order valence-corrected chi connectivity index (χ0v) is 12.5. The van der Waals surface area contributed by atoms with Crippen molar-refractivity contribution >= 4 is 31.6 Å². The maximum absolute atomic E-state index is 12.0. The van der Waals surface area contributed by atoms with Crippen LogP contribution in [0.5, 0.6) is 5.75 Å². The van der Waals surface area contributed by atoms with Gasteiger partial charge in [0.05, 0.1) is 18.1 Å². The van der Waals surface area contributed by atoms with Gasteiger partial charge in [0.2, 0.25) is 10.0 Å². The normalized spacial score (nSPS) is 11.3. The van der Waals surface area contributed by atoms with Crippen LogP contribution in [-0.2, 0) is 10.0 Å². The largest absolute Gasteiger partial charge is 0.497 e. The fraction of sp³-hybridized carbons (Fsp3) is 0.400. The Kier molecular flexibility index (Phi) is 5.70. The molecule has 0 aliphatic rings. The average molecular weight is 353 g/mol. The first-order valence-electron chi connectivity index (χ1n) is 5.30. The molecule has 0 radical (unpaired) electrons. The van der Waals surface area contributed by atoms with E-state index < -0.39 is 20.6 Å². The van der Waals surface area contributed by atoms with E-state index in [0.717, 1.165) is 12.1 Å². The van der Waals surface area contributed by atoms with Crippen LogP contribution in [0.2, 0.25) is 0 Å². The van der Waals surface area contributed by atoms with Crippen molar-refractivity contribution in [2.24, 2.45) is 0 Å². The first-order chi connectivity index (χ1) is 8.92. The predicted octanol–water partition coefficient (Wildman–Crippen LogP) is 1.67. The highest BCUT2D eigenvalue weighted by Crippen LogP contribution is 2.28. The molecule has 0 fully saturated rings. The zero-order chi connectivity index (χ0) is 14.5. The van der Waals surface area contributed by atoms with Crippen LogP contribution in [0, 0.1) is 10.1 Å². The molecule has 0 unspecified atom stereocenters. The van der Waals surface area contributed by atoms with Gasteiger partial charge in [-0.2, -0.15) is 0 Å². The van der Waals surface area contributed by atoms with Gasteiger partial charge < -0.3 is 4.74 Å². The molecule has 1 N–H and O–H groups in total. The lowest BCUT2D eigenvalue weighted by Gasteiger charge is -2.07. The van der Waals surface area contributed by atoms with Gasteiger partial charge in [0, 0.05) is 11.9 Å². The smallest absolute Gasteiger partial charge is 0.293 e. The number of hydrogen-bond donors (Lipinski definition) is 1. The molecule has 106 valence electrons. The lowest BCUT2D eigenvalue weighted by molar-refractivity contribution is -0.387. The molecular formula is C10H13BrN2O5S. The summed E-state index contributed by atoms with van der Waals surface area (Å²) in [5.41, 5.74) is -0.509. The van der Waals surface area contributed by atoms with Crippen LogP contribution >= 0.6 is 15.9 Å². The number of nitro groups is 1. The van der Waals surface area contributed by atoms with Gasteiger partial charge in [0.1, 0.15) is 5.75 Å². The third-order valence-electron chi connectivity index (χ3n) is 2.25. The number of nitrogens with one attached hydrogen (secondary N) is 1. The molecule has 0 spiro atoms. The molecule has 0 aliphatic carbocycles. The van der Waals surface area contributed by atoms with Crippen molar-refractivity contribution in [3.63, 3.8) is 0 Å². The summed E-state index contributed by atoms with van der Waals surface area (Å²) in [4.78, 5) is 9.80. The van der Waals surface area contributed by atoms with Crippen LogP contribution in [-0.4, -0.2) is 32.3 Å². The number of alkyl halides is 1. The lowest BCUT2D eigenvalue weighted by atomic mass is 10.3. The maximum Gasteiger partial charge on any atom is 0.293 e. The molecule has 9 heteroatoms. The monoisotopic (exact) mass is 352 g/mol. The molecule has 7 nitrogen and oxygen atoms in total.